The van der Waals surface area contributed by atoms with Crippen molar-refractivity contribution < 1.29 is 13.2 Å². The van der Waals surface area contributed by atoms with Crippen LogP contribution >= 0.6 is 35.3 Å². The van der Waals surface area contributed by atoms with Crippen LogP contribution in [0.25, 0.3) is 0 Å². The van der Waals surface area contributed by atoms with Crippen LogP contribution in [0.3, 0.4) is 0 Å². The highest BCUT2D eigenvalue weighted by molar-refractivity contribution is 7.09. The van der Waals surface area contributed by atoms with Crippen LogP contribution in [0, 0.1) is 0 Å². The zero-order valence-corrected chi connectivity index (χ0v) is 7.95. The van der Waals surface area contributed by atoms with Gasteiger partial charge in [0.25, 0.3) is 0 Å². The molecule has 0 radical (unpaired) electrons. The Morgan fingerprint density at radius 3 is 2.33 bits per heavy atom. The van der Waals surface area contributed by atoms with Crippen LogP contribution in [0.15, 0.2) is 5.38 Å². The van der Waals surface area contributed by atoms with Crippen LogP contribution in [-0.4, -0.2) is 4.98 Å². The molecule has 0 unspecified atom stereocenters. The Bertz CT molecular complexity index is 247. The Morgan fingerprint density at radius 1 is 1.50 bits per heavy atom. The molecule has 7 heteroatoms. The third kappa shape index (κ3) is 2.80. The first kappa shape index (κ1) is 12.0. The molecule has 12 heavy (non-hydrogen) atoms. The summed E-state index contributed by atoms with van der Waals surface area (Å²) in [5.41, 5.74) is 0.268. The van der Waals surface area contributed by atoms with Gasteiger partial charge in [-0.25, -0.2) is 4.98 Å². The van der Waals surface area contributed by atoms with Gasteiger partial charge in [-0.1, -0.05) is 0 Å². The Labute approximate surface area is 82.0 Å². The molecule has 1 aromatic heterocycles. The number of nitrogens with zero attached hydrogens (tertiary/aromatic N) is 1. The molecule has 0 amide bonds. The van der Waals surface area contributed by atoms with Crippen LogP contribution in [-0.2, 0) is 12.1 Å². The molecule has 1 heterocycles. The van der Waals surface area contributed by atoms with Gasteiger partial charge in [0.1, 0.15) is 0 Å². The van der Waals surface area contributed by atoms with E-state index in [0.717, 1.165) is 0 Å². The SMILES string of the molecule is Cl.FC(F)(F)c1nc(CCl)cs1. The molecule has 0 saturated heterocycles. The smallest absolute Gasteiger partial charge is 0.236 e. The number of rotatable bonds is 1. The summed E-state index contributed by atoms with van der Waals surface area (Å²) in [6.07, 6.45) is -4.34. The Balaban J connectivity index is 0.00000121. The molecule has 0 aliphatic rings. The second kappa shape index (κ2) is 4.30. The van der Waals surface area contributed by atoms with Crippen molar-refractivity contribution in [2.24, 2.45) is 0 Å². The first-order chi connectivity index (χ1) is 5.04. The topological polar surface area (TPSA) is 12.9 Å². The normalized spacial score (nSPS) is 11.0. The van der Waals surface area contributed by atoms with Crippen molar-refractivity contribution in [1.29, 1.82) is 0 Å². The number of alkyl halides is 4. The predicted octanol–water partition coefficient (Wildman–Crippen LogP) is 3.32. The average Bonchev–Trinajstić information content (AvgIpc) is 2.32. The maximum absolute atomic E-state index is 11.8. The maximum Gasteiger partial charge on any atom is 0.443 e. The molecule has 0 aromatic carbocycles. The minimum Gasteiger partial charge on any atom is -0.236 e. The zero-order valence-electron chi connectivity index (χ0n) is 5.56. The maximum atomic E-state index is 11.8. The quantitative estimate of drug-likeness (QED) is 0.684. The second-order valence-corrected chi connectivity index (χ2v) is 2.90. The van der Waals surface area contributed by atoms with E-state index in [4.69, 9.17) is 11.6 Å². The Morgan fingerprint density at radius 2 is 2.08 bits per heavy atom. The molecule has 1 aromatic rings. The van der Waals surface area contributed by atoms with Crippen LogP contribution in [0.1, 0.15) is 10.7 Å². The van der Waals surface area contributed by atoms with Gasteiger partial charge in [-0.2, -0.15) is 13.2 Å². The molecule has 0 bridgehead atoms. The van der Waals surface area contributed by atoms with Crippen molar-refractivity contribution >= 4 is 35.3 Å². The summed E-state index contributed by atoms with van der Waals surface area (Å²) in [4.78, 5) is 3.26. The number of thiazole rings is 1. The van der Waals surface area contributed by atoms with Gasteiger partial charge in [-0.3, -0.25) is 0 Å². The summed E-state index contributed by atoms with van der Waals surface area (Å²) in [7, 11) is 0. The fraction of sp³-hybridized carbons (Fsp3) is 0.400. The fourth-order valence-electron chi connectivity index (χ4n) is 0.499. The van der Waals surface area contributed by atoms with Crippen molar-refractivity contribution in [3.05, 3.63) is 16.1 Å². The molecule has 0 spiro atoms. The van der Waals surface area contributed by atoms with Gasteiger partial charge < -0.3 is 0 Å². The van der Waals surface area contributed by atoms with E-state index in [1.54, 1.807) is 0 Å². The lowest BCUT2D eigenvalue weighted by Crippen LogP contribution is -2.03. The third-order valence-corrected chi connectivity index (χ3v) is 2.14. The van der Waals surface area contributed by atoms with Crippen molar-refractivity contribution in [3.63, 3.8) is 0 Å². The van der Waals surface area contributed by atoms with E-state index in [2.05, 4.69) is 4.98 Å². The molecule has 0 saturated carbocycles. The average molecular weight is 238 g/mol. The second-order valence-electron chi connectivity index (χ2n) is 1.78. The van der Waals surface area contributed by atoms with Gasteiger partial charge in [0.15, 0.2) is 5.01 Å². The summed E-state index contributed by atoms with van der Waals surface area (Å²) in [5, 5.41) is 0.462. The zero-order chi connectivity index (χ0) is 8.48. The van der Waals surface area contributed by atoms with E-state index in [1.165, 1.54) is 5.38 Å². The van der Waals surface area contributed by atoms with E-state index in [-0.39, 0.29) is 24.0 Å². The van der Waals surface area contributed by atoms with Gasteiger partial charge in [0.05, 0.1) is 11.6 Å². The summed E-state index contributed by atoms with van der Waals surface area (Å²) in [6.45, 7) is 0. The van der Waals surface area contributed by atoms with Gasteiger partial charge in [-0.15, -0.1) is 35.3 Å². The minimum absolute atomic E-state index is 0. The van der Waals surface area contributed by atoms with Crippen molar-refractivity contribution in [3.8, 4) is 0 Å². The van der Waals surface area contributed by atoms with Gasteiger partial charge in [-0.05, 0) is 0 Å². The highest BCUT2D eigenvalue weighted by atomic mass is 35.5. The molecule has 0 aliphatic carbocycles. The van der Waals surface area contributed by atoms with E-state index >= 15 is 0 Å². The van der Waals surface area contributed by atoms with Crippen molar-refractivity contribution in [1.82, 2.24) is 4.98 Å². The molecular weight excluding hydrogens is 234 g/mol. The van der Waals surface area contributed by atoms with E-state index in [1.807, 2.05) is 0 Å². The minimum atomic E-state index is -4.34. The predicted molar refractivity (Wildman–Crippen MR) is 43.9 cm³/mol. The van der Waals surface area contributed by atoms with E-state index < -0.39 is 11.2 Å². The number of hydrogen-bond donors (Lipinski definition) is 0. The Kier molecular flexibility index (Phi) is 4.30. The standard InChI is InChI=1S/C5H3ClF3NS.ClH/c6-1-3-2-11-4(10-3)5(7,8)9;/h2H,1H2;1H. The van der Waals surface area contributed by atoms with Crippen LogP contribution in [0.4, 0.5) is 13.2 Å². The summed E-state index contributed by atoms with van der Waals surface area (Å²) >= 11 is 5.83. The molecule has 0 N–H and O–H groups in total. The number of halogens is 5. The van der Waals surface area contributed by atoms with E-state index in [0.29, 0.717) is 11.3 Å². The molecule has 0 fully saturated rings. The number of hydrogen-bond acceptors (Lipinski definition) is 2. The lowest BCUT2D eigenvalue weighted by molar-refractivity contribution is -0.137. The molecular formula is C5H4Cl2F3NS. The van der Waals surface area contributed by atoms with Gasteiger partial charge >= 0.3 is 6.18 Å². The highest BCUT2D eigenvalue weighted by Gasteiger charge is 2.34. The van der Waals surface area contributed by atoms with Crippen molar-refractivity contribution in [2.45, 2.75) is 12.1 Å². The fourth-order valence-corrected chi connectivity index (χ4v) is 1.41. The van der Waals surface area contributed by atoms with Crippen LogP contribution in [0.5, 0.6) is 0 Å². The van der Waals surface area contributed by atoms with Crippen LogP contribution in [0.2, 0.25) is 0 Å². The number of aromatic nitrogens is 1. The summed E-state index contributed by atoms with van der Waals surface area (Å²) in [5.74, 6) is 0.0204. The van der Waals surface area contributed by atoms with Crippen molar-refractivity contribution in [2.75, 3.05) is 0 Å². The first-order valence-electron chi connectivity index (χ1n) is 2.61. The van der Waals surface area contributed by atoms with Gasteiger partial charge in [0, 0.05) is 5.38 Å². The third-order valence-electron chi connectivity index (χ3n) is 0.931. The van der Waals surface area contributed by atoms with E-state index in [9.17, 15) is 13.2 Å². The highest BCUT2D eigenvalue weighted by Crippen LogP contribution is 2.31. The first-order valence-corrected chi connectivity index (χ1v) is 4.03. The largest absolute Gasteiger partial charge is 0.443 e. The molecule has 0 aliphatic heterocycles. The summed E-state index contributed by atoms with van der Waals surface area (Å²) in [6, 6.07) is 0. The lowest BCUT2D eigenvalue weighted by atomic mass is 10.6. The van der Waals surface area contributed by atoms with Crippen LogP contribution < -0.4 is 0 Å². The monoisotopic (exact) mass is 237 g/mol. The summed E-state index contributed by atoms with van der Waals surface area (Å²) < 4.78 is 35.5. The molecule has 70 valence electrons. The lowest BCUT2D eigenvalue weighted by Gasteiger charge is -1.98. The molecule has 1 rings (SSSR count). The Hall–Kier alpha value is -0.0000000000000000833. The molecule has 1 nitrogen and oxygen atoms in total. The van der Waals surface area contributed by atoms with Gasteiger partial charge in [0.2, 0.25) is 0 Å². The molecule has 0 atom stereocenters.